The van der Waals surface area contributed by atoms with Crippen LogP contribution in [0.25, 0.3) is 0 Å². The summed E-state index contributed by atoms with van der Waals surface area (Å²) in [5.74, 6) is -0.569. The molecule has 1 aliphatic heterocycles. The number of alkyl carbamates (subject to hydrolysis) is 1. The highest BCUT2D eigenvalue weighted by molar-refractivity contribution is 8.14. The number of hydrogen-bond donors (Lipinski definition) is 2. The average Bonchev–Trinajstić information content (AvgIpc) is 2.82. The Bertz CT molecular complexity index is 476. The quantitative estimate of drug-likeness (QED) is 0.817. The Morgan fingerprint density at radius 2 is 2.00 bits per heavy atom. The van der Waals surface area contributed by atoms with Gasteiger partial charge in [0.1, 0.15) is 0 Å². The molecular formula is C14H21F3N2O3S. The highest BCUT2D eigenvalue weighted by atomic mass is 32.2. The number of alkyl halides is 3. The Morgan fingerprint density at radius 3 is 2.48 bits per heavy atom. The van der Waals surface area contributed by atoms with E-state index in [1.165, 1.54) is 0 Å². The molecule has 2 rings (SSSR count). The summed E-state index contributed by atoms with van der Waals surface area (Å²) in [4.78, 5) is 15.1. The van der Waals surface area contributed by atoms with E-state index >= 15 is 0 Å². The monoisotopic (exact) mass is 354 g/mol. The predicted molar refractivity (Wildman–Crippen MR) is 81.4 cm³/mol. The SMILES string of the molecule is CC(C)OC(=O)NC1CCC(C2=NC(O)(C(F)(F)F)CS2)CC1. The number of halogens is 3. The molecule has 0 spiro atoms. The van der Waals surface area contributed by atoms with Crippen LogP contribution in [0.2, 0.25) is 0 Å². The van der Waals surface area contributed by atoms with Gasteiger partial charge in [-0.15, -0.1) is 11.8 Å². The number of aliphatic hydroxyl groups is 1. The van der Waals surface area contributed by atoms with Crippen LogP contribution in [0.1, 0.15) is 39.5 Å². The van der Waals surface area contributed by atoms with E-state index in [1.54, 1.807) is 13.8 Å². The smallest absolute Gasteiger partial charge is 0.439 e. The Hall–Kier alpha value is -0.960. The second-order valence-electron chi connectivity index (χ2n) is 6.20. The summed E-state index contributed by atoms with van der Waals surface area (Å²) in [6.45, 7) is 3.52. The van der Waals surface area contributed by atoms with Crippen molar-refractivity contribution in [1.82, 2.24) is 5.32 Å². The number of aliphatic imine (C=N–C) groups is 1. The number of carbonyl (C=O) groups is 1. The lowest BCUT2D eigenvalue weighted by molar-refractivity contribution is -0.245. The molecule has 1 saturated carbocycles. The van der Waals surface area contributed by atoms with Crippen LogP contribution < -0.4 is 5.32 Å². The average molecular weight is 354 g/mol. The number of ether oxygens (including phenoxy) is 1. The maximum atomic E-state index is 12.8. The number of hydrogen-bond acceptors (Lipinski definition) is 5. The highest BCUT2D eigenvalue weighted by Gasteiger charge is 2.57. The molecule has 9 heteroatoms. The van der Waals surface area contributed by atoms with Gasteiger partial charge < -0.3 is 15.2 Å². The van der Waals surface area contributed by atoms with Crippen molar-refractivity contribution in [3.05, 3.63) is 0 Å². The van der Waals surface area contributed by atoms with Gasteiger partial charge in [0.15, 0.2) is 0 Å². The van der Waals surface area contributed by atoms with E-state index in [-0.39, 0.29) is 18.1 Å². The van der Waals surface area contributed by atoms with Gasteiger partial charge in [-0.2, -0.15) is 13.2 Å². The first-order chi connectivity index (χ1) is 10.6. The molecule has 1 aliphatic carbocycles. The summed E-state index contributed by atoms with van der Waals surface area (Å²) < 4.78 is 43.3. The number of amides is 1. The lowest BCUT2D eigenvalue weighted by Crippen LogP contribution is -2.44. The molecule has 5 nitrogen and oxygen atoms in total. The first kappa shape index (κ1) is 18.4. The lowest BCUT2D eigenvalue weighted by atomic mass is 9.86. The zero-order valence-corrected chi connectivity index (χ0v) is 13.8. The Labute approximate surface area is 137 Å². The van der Waals surface area contributed by atoms with E-state index in [0.29, 0.717) is 30.7 Å². The van der Waals surface area contributed by atoms with E-state index < -0.39 is 23.7 Å². The van der Waals surface area contributed by atoms with Gasteiger partial charge in [-0.25, -0.2) is 9.79 Å². The zero-order chi connectivity index (χ0) is 17.3. The maximum absolute atomic E-state index is 12.8. The molecule has 0 aromatic heterocycles. The van der Waals surface area contributed by atoms with Crippen LogP contribution in [0.3, 0.4) is 0 Å². The standard InChI is InChI=1S/C14H21F3N2O3S/c1-8(2)22-12(20)18-10-5-3-9(4-6-10)11-19-13(21,7-23-11)14(15,16)17/h8-10,21H,3-7H2,1-2H3,(H,18,20). The summed E-state index contributed by atoms with van der Waals surface area (Å²) >= 11 is 0.974. The third kappa shape index (κ3) is 4.53. The molecule has 2 aliphatic rings. The Kier molecular flexibility index (Phi) is 5.50. The molecule has 0 bridgehead atoms. The summed E-state index contributed by atoms with van der Waals surface area (Å²) in [5.41, 5.74) is -2.96. The first-order valence-corrected chi connectivity index (χ1v) is 8.58. The van der Waals surface area contributed by atoms with Crippen LogP contribution in [-0.4, -0.2) is 46.0 Å². The molecule has 0 saturated heterocycles. The van der Waals surface area contributed by atoms with E-state index in [2.05, 4.69) is 10.3 Å². The summed E-state index contributed by atoms with van der Waals surface area (Å²) in [6, 6.07) is -0.0361. The minimum atomic E-state index is -4.75. The second-order valence-corrected chi connectivity index (χ2v) is 7.20. The van der Waals surface area contributed by atoms with Crippen molar-refractivity contribution in [3.63, 3.8) is 0 Å². The van der Waals surface area contributed by atoms with E-state index in [0.717, 1.165) is 11.8 Å². The fourth-order valence-electron chi connectivity index (χ4n) is 2.68. The molecular weight excluding hydrogens is 333 g/mol. The number of nitrogens with zero attached hydrogens (tertiary/aromatic N) is 1. The van der Waals surface area contributed by atoms with Gasteiger partial charge in [-0.05, 0) is 39.5 Å². The van der Waals surface area contributed by atoms with Crippen LogP contribution in [-0.2, 0) is 4.74 Å². The maximum Gasteiger partial charge on any atom is 0.439 e. The van der Waals surface area contributed by atoms with Crippen LogP contribution in [0.4, 0.5) is 18.0 Å². The molecule has 2 N–H and O–H groups in total. The van der Waals surface area contributed by atoms with Crippen molar-refractivity contribution in [2.24, 2.45) is 10.9 Å². The van der Waals surface area contributed by atoms with E-state index in [9.17, 15) is 23.1 Å². The van der Waals surface area contributed by atoms with Crippen molar-refractivity contribution in [1.29, 1.82) is 0 Å². The third-order valence-corrected chi connectivity index (χ3v) is 5.18. The molecule has 1 fully saturated rings. The van der Waals surface area contributed by atoms with Crippen molar-refractivity contribution < 1.29 is 27.8 Å². The van der Waals surface area contributed by atoms with Crippen LogP contribution in [0.15, 0.2) is 4.99 Å². The molecule has 0 aromatic carbocycles. The van der Waals surface area contributed by atoms with Crippen molar-refractivity contribution in [3.8, 4) is 0 Å². The topological polar surface area (TPSA) is 70.9 Å². The van der Waals surface area contributed by atoms with Gasteiger partial charge in [0.05, 0.1) is 16.9 Å². The zero-order valence-electron chi connectivity index (χ0n) is 13.0. The second kappa shape index (κ2) is 6.88. The summed E-state index contributed by atoms with van der Waals surface area (Å²) in [6.07, 6.45) is -2.85. The van der Waals surface area contributed by atoms with Crippen LogP contribution in [0.5, 0.6) is 0 Å². The minimum absolute atomic E-state index is 0.0361. The fourth-order valence-corrected chi connectivity index (χ4v) is 3.94. The first-order valence-electron chi connectivity index (χ1n) is 7.59. The normalized spacial score (nSPS) is 31.9. The molecule has 1 atom stereocenters. The third-order valence-electron chi connectivity index (χ3n) is 3.91. The molecule has 1 amide bonds. The van der Waals surface area contributed by atoms with Crippen molar-refractivity contribution in [2.75, 3.05) is 5.75 Å². The number of carbonyl (C=O) groups excluding carboxylic acids is 1. The molecule has 0 radical (unpaired) electrons. The van der Waals surface area contributed by atoms with Gasteiger partial charge in [0, 0.05) is 12.0 Å². The number of nitrogens with one attached hydrogen (secondary N) is 1. The Morgan fingerprint density at radius 1 is 1.39 bits per heavy atom. The fraction of sp³-hybridized carbons (Fsp3) is 0.857. The minimum Gasteiger partial charge on any atom is -0.447 e. The molecule has 23 heavy (non-hydrogen) atoms. The predicted octanol–water partition coefficient (Wildman–Crippen LogP) is 3.08. The van der Waals surface area contributed by atoms with E-state index in [4.69, 9.17) is 4.74 Å². The van der Waals surface area contributed by atoms with Crippen LogP contribution in [0, 0.1) is 5.92 Å². The number of thioether (sulfide) groups is 1. The van der Waals surface area contributed by atoms with Gasteiger partial charge in [-0.3, -0.25) is 0 Å². The molecule has 132 valence electrons. The van der Waals surface area contributed by atoms with E-state index in [1.807, 2.05) is 0 Å². The molecule has 1 heterocycles. The largest absolute Gasteiger partial charge is 0.447 e. The number of rotatable bonds is 3. The Balaban J connectivity index is 1.86. The molecule has 1 unspecified atom stereocenters. The summed E-state index contributed by atoms with van der Waals surface area (Å²) in [5, 5.41) is 12.7. The highest BCUT2D eigenvalue weighted by Crippen LogP contribution is 2.42. The van der Waals surface area contributed by atoms with Gasteiger partial charge in [0.2, 0.25) is 0 Å². The van der Waals surface area contributed by atoms with Crippen molar-refractivity contribution >= 4 is 22.9 Å². The summed E-state index contributed by atoms with van der Waals surface area (Å²) in [7, 11) is 0. The van der Waals surface area contributed by atoms with Gasteiger partial charge in [0.25, 0.3) is 5.72 Å². The van der Waals surface area contributed by atoms with Crippen molar-refractivity contribution in [2.45, 2.75) is 63.6 Å². The van der Waals surface area contributed by atoms with Crippen LogP contribution >= 0.6 is 11.8 Å². The van der Waals surface area contributed by atoms with Gasteiger partial charge in [-0.1, -0.05) is 0 Å². The molecule has 0 aromatic rings. The lowest BCUT2D eigenvalue weighted by Gasteiger charge is -2.29. The van der Waals surface area contributed by atoms with Gasteiger partial charge >= 0.3 is 12.3 Å².